The molecule has 1 heteroatoms. The van der Waals surface area contributed by atoms with E-state index in [1.165, 1.54) is 93.8 Å². The average Bonchev–Trinajstić information content (AvgIpc) is 3.17. The Morgan fingerprint density at radius 1 is 0.923 bits per heavy atom. The van der Waals surface area contributed by atoms with Crippen LogP contribution in [0.3, 0.4) is 0 Å². The number of rotatable bonds is 15. The van der Waals surface area contributed by atoms with E-state index in [0.29, 0.717) is 10.8 Å². The van der Waals surface area contributed by atoms with Crippen LogP contribution in [-0.4, -0.2) is 13.9 Å². The molecular formula is C51H87I. The third-order valence-corrected chi connectivity index (χ3v) is 15.5. The van der Waals surface area contributed by atoms with Crippen LogP contribution in [0.2, 0.25) is 0 Å². The van der Waals surface area contributed by atoms with Crippen molar-refractivity contribution in [1.29, 1.82) is 0 Å². The molecule has 0 nitrogen and oxygen atoms in total. The molecule has 1 unspecified atom stereocenters. The van der Waals surface area contributed by atoms with E-state index in [1.807, 2.05) is 6.08 Å². The Morgan fingerprint density at radius 2 is 1.60 bits per heavy atom. The number of allylic oxidation sites excluding steroid dienone is 16. The molecule has 0 fully saturated rings. The standard InChI is InChI=1S/C24H41I.C14H24.C13H22/c1-8-9-10-11-19-25(6,7)20-13-14-21(2)16-17-23-22(3)15-12-18-24(23,4)5;1-5-6-9-13-11-12(2)8-7-10-14(13,3)4;1-6-12(4)10-13(5)9-7-8-11(2)3/h13-14,16-17,19-20H,8-12,15,18H2,1-7H3;6,9,11-12H,5,7-8,10H2,1-4H3;6,9-11H,1,7-8H2,2-5H3/b17-16+,20-13+,21-14+;9-6+;12-10+,13-9+. The van der Waals surface area contributed by atoms with Gasteiger partial charge < -0.3 is 0 Å². The Morgan fingerprint density at radius 3 is 2.19 bits per heavy atom. The van der Waals surface area contributed by atoms with Crippen molar-refractivity contribution in [3.63, 3.8) is 0 Å². The summed E-state index contributed by atoms with van der Waals surface area (Å²) in [5.74, 6) is 1.56. The van der Waals surface area contributed by atoms with Gasteiger partial charge in [-0.05, 0) is 68.8 Å². The molecule has 0 bridgehead atoms. The van der Waals surface area contributed by atoms with Gasteiger partial charge in [0.25, 0.3) is 0 Å². The van der Waals surface area contributed by atoms with Crippen molar-refractivity contribution < 1.29 is 0 Å². The van der Waals surface area contributed by atoms with Gasteiger partial charge in [-0.2, -0.15) is 0 Å². The molecule has 0 radical (unpaired) electrons. The molecule has 0 aromatic rings. The van der Waals surface area contributed by atoms with Crippen LogP contribution < -0.4 is 0 Å². The maximum atomic E-state index is 3.73. The van der Waals surface area contributed by atoms with Gasteiger partial charge in [-0.15, -0.1) is 0 Å². The molecule has 0 aromatic heterocycles. The van der Waals surface area contributed by atoms with Crippen LogP contribution in [0, 0.1) is 22.7 Å². The zero-order chi connectivity index (χ0) is 39.8. The molecule has 2 aliphatic rings. The third-order valence-electron chi connectivity index (χ3n) is 10.4. The van der Waals surface area contributed by atoms with Gasteiger partial charge in [-0.3, -0.25) is 0 Å². The second kappa shape index (κ2) is 26.9. The van der Waals surface area contributed by atoms with E-state index in [2.05, 4.69) is 169 Å². The van der Waals surface area contributed by atoms with E-state index in [9.17, 15) is 0 Å². The summed E-state index contributed by atoms with van der Waals surface area (Å²) in [5.41, 5.74) is 9.32. The fourth-order valence-electron chi connectivity index (χ4n) is 6.73. The number of halogens is 1. The van der Waals surface area contributed by atoms with Gasteiger partial charge in [-0.1, -0.05) is 102 Å². The maximum absolute atomic E-state index is 3.73. The fraction of sp³-hybridized carbons (Fsp3) is 0.627. The fourth-order valence-corrected chi connectivity index (χ4v) is 10.4. The van der Waals surface area contributed by atoms with Gasteiger partial charge >= 0.3 is 162 Å². The topological polar surface area (TPSA) is 0 Å². The number of hydrogen-bond acceptors (Lipinski definition) is 0. The van der Waals surface area contributed by atoms with Crippen LogP contribution in [0.5, 0.6) is 0 Å². The molecule has 2 rings (SSSR count). The Kier molecular flexibility index (Phi) is 26.0. The van der Waals surface area contributed by atoms with E-state index in [1.54, 1.807) is 16.7 Å². The van der Waals surface area contributed by atoms with Crippen LogP contribution >= 0.6 is 18.0 Å². The Balaban J connectivity index is 0.000000817. The summed E-state index contributed by atoms with van der Waals surface area (Å²) in [6.07, 6.45) is 39.6. The molecule has 0 saturated carbocycles. The summed E-state index contributed by atoms with van der Waals surface area (Å²) in [4.78, 5) is 4.96. The van der Waals surface area contributed by atoms with Crippen molar-refractivity contribution in [3.05, 3.63) is 105 Å². The third kappa shape index (κ3) is 23.8. The number of unbranched alkanes of at least 4 members (excludes halogenated alkanes) is 3. The molecule has 0 spiro atoms. The van der Waals surface area contributed by atoms with Crippen molar-refractivity contribution in [1.82, 2.24) is 0 Å². The van der Waals surface area contributed by atoms with Crippen molar-refractivity contribution >= 4 is 22.0 Å². The van der Waals surface area contributed by atoms with Gasteiger partial charge in [0.15, 0.2) is 0 Å². The molecule has 0 saturated heterocycles. The Hall–Kier alpha value is -1.74. The molecule has 52 heavy (non-hydrogen) atoms. The first kappa shape index (κ1) is 50.3. The molecule has 0 heterocycles. The molecule has 0 aromatic carbocycles. The van der Waals surface area contributed by atoms with Crippen LogP contribution in [0.25, 0.3) is 0 Å². The summed E-state index contributed by atoms with van der Waals surface area (Å²) in [5, 5.41) is 0. The monoisotopic (exact) mass is 827 g/mol. The SMILES string of the molecule is C=C/C(C)=C/C(C)=C/CCC(C)C.CC/C=C/C1=CC(C)CCCC1(C)C.CCCCCC=I(C)(C)/C=C/C=C(C)/C=C/C1=C(C)CCCC1(C)C. The van der Waals surface area contributed by atoms with E-state index in [-0.39, 0.29) is 0 Å². The summed E-state index contributed by atoms with van der Waals surface area (Å²) in [6, 6.07) is 0. The minimum atomic E-state index is -1.73. The van der Waals surface area contributed by atoms with Crippen LogP contribution in [0.1, 0.15) is 173 Å². The van der Waals surface area contributed by atoms with Gasteiger partial charge in [0, 0.05) is 0 Å². The summed E-state index contributed by atoms with van der Waals surface area (Å²) >= 11 is -1.73. The van der Waals surface area contributed by atoms with E-state index in [0.717, 1.165) is 18.3 Å². The number of alkyl halides is 2. The van der Waals surface area contributed by atoms with Crippen LogP contribution in [-0.2, 0) is 0 Å². The zero-order valence-electron chi connectivity index (χ0n) is 37.4. The first-order valence-electron chi connectivity index (χ1n) is 20.9. The van der Waals surface area contributed by atoms with E-state index in [4.69, 9.17) is 0 Å². The van der Waals surface area contributed by atoms with Gasteiger partial charge in [-0.25, -0.2) is 0 Å². The molecule has 298 valence electrons. The van der Waals surface area contributed by atoms with E-state index >= 15 is 0 Å². The second-order valence-electron chi connectivity index (χ2n) is 17.7. The summed E-state index contributed by atoms with van der Waals surface area (Å²) in [7, 11) is 0. The molecular weight excluding hydrogens is 739 g/mol. The second-order valence-corrected chi connectivity index (χ2v) is 27.2. The van der Waals surface area contributed by atoms with Gasteiger partial charge in [0.05, 0.1) is 0 Å². The van der Waals surface area contributed by atoms with Crippen molar-refractivity contribution in [2.75, 3.05) is 9.86 Å². The quantitative estimate of drug-likeness (QED) is 0.0668. The molecule has 0 N–H and O–H groups in total. The van der Waals surface area contributed by atoms with Crippen molar-refractivity contribution in [2.24, 2.45) is 22.7 Å². The predicted octanol–water partition coefficient (Wildman–Crippen LogP) is 17.4. The first-order chi connectivity index (χ1) is 24.3. The Bertz CT molecular complexity index is 1330. The zero-order valence-corrected chi connectivity index (χ0v) is 39.5. The molecule has 2 aliphatic carbocycles. The van der Waals surface area contributed by atoms with Crippen LogP contribution in [0.15, 0.2) is 105 Å². The normalized spacial score (nSPS) is 20.3. The van der Waals surface area contributed by atoms with Crippen molar-refractivity contribution in [2.45, 2.75) is 173 Å². The predicted molar refractivity (Wildman–Crippen MR) is 255 cm³/mol. The molecule has 0 aliphatic heterocycles. The first-order valence-corrected chi connectivity index (χ1v) is 27.7. The van der Waals surface area contributed by atoms with Gasteiger partial charge in [0.1, 0.15) is 0 Å². The number of hydrogen-bond donors (Lipinski definition) is 0. The Labute approximate surface area is 331 Å². The summed E-state index contributed by atoms with van der Waals surface area (Å²) < 4.78 is 5.14. The van der Waals surface area contributed by atoms with Crippen LogP contribution in [0.4, 0.5) is 0 Å². The van der Waals surface area contributed by atoms with Crippen molar-refractivity contribution in [3.8, 4) is 0 Å². The summed E-state index contributed by atoms with van der Waals surface area (Å²) in [6.45, 7) is 33.3. The molecule has 1 atom stereocenters. The van der Waals surface area contributed by atoms with Gasteiger partial charge in [0.2, 0.25) is 0 Å². The molecule has 0 amide bonds. The average molecular weight is 827 g/mol. The minimum absolute atomic E-state index is 0.333. The van der Waals surface area contributed by atoms with E-state index < -0.39 is 18.0 Å².